The summed E-state index contributed by atoms with van der Waals surface area (Å²) in [6, 6.07) is 0. The number of aliphatic hydroxyl groups is 4. The van der Waals surface area contributed by atoms with Crippen LogP contribution in [0.15, 0.2) is 23.3 Å². The first-order valence-corrected chi connectivity index (χ1v) is 18.9. The number of hydrogen-bond donors (Lipinski definition) is 6. The molecule has 5 aliphatic rings. The molecule has 0 spiro atoms. The maximum Gasteiger partial charge on any atom is 0.333 e. The Balaban J connectivity index is 1.65. The molecule has 4 saturated carbocycles. The minimum absolute atomic E-state index is 0.114. The standard InChI is InChI=1S/C38H60O8S2/c1-10-20(3)31(43)45-19-37-23(18-36(9,47)30(29(37)42)46-32(44)21(4)11-2)22-12-13-25-34(7)16-15-26(39)33(5,6)24(34)14-17-35(25,8)38(22,48)28(41)27(37)40/h11-12,20,23-30,39-42,47-48H,10,13-19H2,1-9H3/b21-11-/t20?,23?,24?,25?,26-,27+,28-,29-,30-,34-,35+,36-,37-,38+/m0/s1. The molecule has 0 aromatic rings. The van der Waals surface area contributed by atoms with Crippen molar-refractivity contribution in [3.63, 3.8) is 0 Å². The van der Waals surface area contributed by atoms with E-state index in [0.717, 1.165) is 24.8 Å². The van der Waals surface area contributed by atoms with Gasteiger partial charge in [0, 0.05) is 5.57 Å². The minimum atomic E-state index is -1.60. The van der Waals surface area contributed by atoms with Crippen molar-refractivity contribution in [3.05, 3.63) is 23.3 Å². The summed E-state index contributed by atoms with van der Waals surface area (Å²) in [5.41, 5.74) is -1.35. The average molecular weight is 709 g/mol. The van der Waals surface area contributed by atoms with E-state index < -0.39 is 68.5 Å². The summed E-state index contributed by atoms with van der Waals surface area (Å²) in [7, 11) is 0. The Hall–Kier alpha value is -1.04. The first-order valence-electron chi connectivity index (χ1n) is 18.0. The molecule has 272 valence electrons. The number of allylic oxidation sites excluding steroid dienone is 2. The second-order valence-electron chi connectivity index (χ2n) is 17.4. The zero-order valence-electron chi connectivity index (χ0n) is 30.3. The molecule has 5 aliphatic carbocycles. The lowest BCUT2D eigenvalue weighted by molar-refractivity contribution is -0.254. The van der Waals surface area contributed by atoms with Crippen molar-refractivity contribution in [2.24, 2.45) is 45.3 Å². The quantitative estimate of drug-likeness (QED) is 0.0928. The first-order chi connectivity index (χ1) is 22.1. The molecule has 0 heterocycles. The van der Waals surface area contributed by atoms with E-state index >= 15 is 0 Å². The maximum atomic E-state index is 13.1. The monoisotopic (exact) mass is 708 g/mol. The largest absolute Gasteiger partial charge is 0.465 e. The van der Waals surface area contributed by atoms with Crippen molar-refractivity contribution in [1.82, 2.24) is 0 Å². The second-order valence-corrected chi connectivity index (χ2v) is 19.1. The molecule has 0 aromatic heterocycles. The molecule has 5 rings (SSSR count). The normalized spacial score (nSPS) is 48.9. The van der Waals surface area contributed by atoms with Crippen molar-refractivity contribution in [2.75, 3.05) is 6.61 Å². The van der Waals surface area contributed by atoms with Gasteiger partial charge in [-0.15, -0.1) is 0 Å². The van der Waals surface area contributed by atoms with Gasteiger partial charge in [-0.25, -0.2) is 4.79 Å². The predicted molar refractivity (Wildman–Crippen MR) is 192 cm³/mol. The van der Waals surface area contributed by atoms with Gasteiger partial charge in [0.15, 0.2) is 0 Å². The Bertz CT molecular complexity index is 1360. The van der Waals surface area contributed by atoms with Gasteiger partial charge in [-0.05, 0) is 99.7 Å². The van der Waals surface area contributed by atoms with Crippen LogP contribution in [0.5, 0.6) is 0 Å². The lowest BCUT2D eigenvalue weighted by Crippen LogP contribution is -2.78. The van der Waals surface area contributed by atoms with Crippen molar-refractivity contribution >= 4 is 37.2 Å². The van der Waals surface area contributed by atoms with Crippen LogP contribution in [0.2, 0.25) is 0 Å². The number of aliphatic hydroxyl groups excluding tert-OH is 4. The number of carbonyl (C=O) groups is 2. The number of thiol groups is 2. The van der Waals surface area contributed by atoms with E-state index in [-0.39, 0.29) is 41.8 Å². The van der Waals surface area contributed by atoms with E-state index in [1.807, 2.05) is 13.8 Å². The predicted octanol–water partition coefficient (Wildman–Crippen LogP) is 5.46. The highest BCUT2D eigenvalue weighted by Crippen LogP contribution is 2.74. The molecule has 0 amide bonds. The first kappa shape index (κ1) is 38.2. The van der Waals surface area contributed by atoms with E-state index in [1.165, 1.54) is 0 Å². The van der Waals surface area contributed by atoms with E-state index in [1.54, 1.807) is 26.8 Å². The molecular formula is C38H60O8S2. The molecule has 4 N–H and O–H groups in total. The number of hydrogen-bond acceptors (Lipinski definition) is 10. The molecular weight excluding hydrogens is 649 g/mol. The number of esters is 2. The van der Waals surface area contributed by atoms with Gasteiger partial charge in [0.2, 0.25) is 0 Å². The van der Waals surface area contributed by atoms with Crippen LogP contribution in [0, 0.1) is 45.3 Å². The summed E-state index contributed by atoms with van der Waals surface area (Å²) in [5, 5.41) is 48.5. The molecule has 4 unspecified atom stereocenters. The van der Waals surface area contributed by atoms with E-state index in [0.29, 0.717) is 24.8 Å². The van der Waals surface area contributed by atoms with Gasteiger partial charge in [0.25, 0.3) is 0 Å². The molecule has 8 nitrogen and oxygen atoms in total. The summed E-state index contributed by atoms with van der Waals surface area (Å²) in [5.74, 6) is -1.68. The summed E-state index contributed by atoms with van der Waals surface area (Å²) < 4.78 is 9.65. The maximum absolute atomic E-state index is 13.1. The van der Waals surface area contributed by atoms with E-state index in [2.05, 4.69) is 33.8 Å². The third-order valence-corrected chi connectivity index (χ3v) is 16.2. The highest BCUT2D eigenvalue weighted by atomic mass is 32.1. The Labute approximate surface area is 298 Å². The van der Waals surface area contributed by atoms with Crippen LogP contribution in [0.4, 0.5) is 0 Å². The summed E-state index contributed by atoms with van der Waals surface area (Å²) in [6.07, 6.45) is 2.41. The van der Waals surface area contributed by atoms with Gasteiger partial charge in [0.05, 0.1) is 39.1 Å². The number of carbonyl (C=O) groups excluding carboxylic acids is 2. The molecule has 4 fully saturated rings. The Morgan fingerprint density at radius 3 is 2.25 bits per heavy atom. The van der Waals surface area contributed by atoms with Gasteiger partial charge in [-0.2, -0.15) is 25.3 Å². The highest BCUT2D eigenvalue weighted by molar-refractivity contribution is 7.82. The van der Waals surface area contributed by atoms with Gasteiger partial charge in [-0.1, -0.05) is 59.3 Å². The van der Waals surface area contributed by atoms with Gasteiger partial charge in [-0.3, -0.25) is 4.79 Å². The Morgan fingerprint density at radius 2 is 1.65 bits per heavy atom. The molecule has 10 heteroatoms. The highest BCUT2D eigenvalue weighted by Gasteiger charge is 2.76. The average Bonchev–Trinajstić information content (AvgIpc) is 3.03. The van der Waals surface area contributed by atoms with Crippen molar-refractivity contribution < 1.29 is 39.5 Å². The summed E-state index contributed by atoms with van der Waals surface area (Å²) >= 11 is 10.5. The smallest absolute Gasteiger partial charge is 0.333 e. The van der Waals surface area contributed by atoms with Crippen molar-refractivity contribution in [3.8, 4) is 0 Å². The van der Waals surface area contributed by atoms with Crippen molar-refractivity contribution in [2.45, 2.75) is 147 Å². The Kier molecular flexibility index (Phi) is 10.0. The molecule has 48 heavy (non-hydrogen) atoms. The van der Waals surface area contributed by atoms with Gasteiger partial charge in [0.1, 0.15) is 18.8 Å². The van der Waals surface area contributed by atoms with Gasteiger partial charge < -0.3 is 29.9 Å². The van der Waals surface area contributed by atoms with E-state index in [9.17, 15) is 30.0 Å². The topological polar surface area (TPSA) is 134 Å². The fraction of sp³-hybridized carbons (Fsp3) is 0.842. The van der Waals surface area contributed by atoms with Crippen LogP contribution in [-0.2, 0) is 19.1 Å². The zero-order chi connectivity index (χ0) is 36.0. The van der Waals surface area contributed by atoms with Crippen LogP contribution >= 0.6 is 25.3 Å². The summed E-state index contributed by atoms with van der Waals surface area (Å²) in [6.45, 7) is 17.4. The lowest BCUT2D eigenvalue weighted by Gasteiger charge is -2.72. The summed E-state index contributed by atoms with van der Waals surface area (Å²) in [4.78, 5) is 26.2. The van der Waals surface area contributed by atoms with E-state index in [4.69, 9.17) is 34.7 Å². The lowest BCUT2D eigenvalue weighted by atomic mass is 9.36. The molecule has 0 aromatic carbocycles. The number of ether oxygens (including phenoxy) is 2. The van der Waals surface area contributed by atoms with Crippen LogP contribution in [-0.4, -0.2) is 79.0 Å². The van der Waals surface area contributed by atoms with Crippen LogP contribution in [0.25, 0.3) is 0 Å². The minimum Gasteiger partial charge on any atom is -0.465 e. The number of fused-ring (bicyclic) bond motifs is 7. The van der Waals surface area contributed by atoms with Crippen LogP contribution in [0.3, 0.4) is 0 Å². The molecule has 0 aliphatic heterocycles. The molecule has 14 atom stereocenters. The number of rotatable bonds is 6. The molecule has 0 bridgehead atoms. The van der Waals surface area contributed by atoms with Crippen molar-refractivity contribution in [1.29, 1.82) is 0 Å². The van der Waals surface area contributed by atoms with Gasteiger partial charge >= 0.3 is 11.9 Å². The Morgan fingerprint density at radius 1 is 1.00 bits per heavy atom. The van der Waals surface area contributed by atoms with Crippen LogP contribution < -0.4 is 0 Å². The second kappa shape index (κ2) is 12.6. The third-order valence-electron chi connectivity index (χ3n) is 14.7. The molecule has 0 saturated heterocycles. The van der Waals surface area contributed by atoms with Crippen LogP contribution in [0.1, 0.15) is 107 Å². The SMILES string of the molecule is C/C=C(/C)C(=O)O[C@H]1[C@H](O)[C@@]2(COC(=O)C(C)CC)C(C[C@]1(C)S)C1=CCC3[C@@]4(C)CC[C@H](O)C(C)(C)C4CC[C@@]3(C)[C@]1(S)[C@@H](O)[C@H]2O. The molecule has 0 radical (unpaired) electrons. The fourth-order valence-electron chi connectivity index (χ4n) is 11.3. The zero-order valence-corrected chi connectivity index (χ0v) is 32.1. The third kappa shape index (κ3) is 5.14. The fourth-order valence-corrected chi connectivity index (χ4v) is 12.3.